The van der Waals surface area contributed by atoms with Crippen molar-refractivity contribution < 1.29 is 9.21 Å². The number of halogens is 1. The Morgan fingerprint density at radius 1 is 1.47 bits per heavy atom. The summed E-state index contributed by atoms with van der Waals surface area (Å²) in [6.45, 7) is 0.470. The van der Waals surface area contributed by atoms with Gasteiger partial charge in [0.1, 0.15) is 16.7 Å². The van der Waals surface area contributed by atoms with Gasteiger partial charge in [0.2, 0.25) is 0 Å². The minimum atomic E-state index is -0.243. The van der Waals surface area contributed by atoms with Gasteiger partial charge in [-0.2, -0.15) is 0 Å². The third-order valence-electron chi connectivity index (χ3n) is 2.44. The summed E-state index contributed by atoms with van der Waals surface area (Å²) in [4.78, 5) is 15.8. The highest BCUT2D eigenvalue weighted by atomic mass is 35.5. The van der Waals surface area contributed by atoms with Gasteiger partial charge in [-0.25, -0.2) is 10.8 Å². The molecule has 0 aliphatic heterocycles. The lowest BCUT2D eigenvalue weighted by Gasteiger charge is -2.06. The van der Waals surface area contributed by atoms with Gasteiger partial charge in [-0.15, -0.1) is 0 Å². The zero-order chi connectivity index (χ0) is 13.7. The number of carbonyl (C=O) groups is 1. The molecule has 0 aliphatic carbocycles. The van der Waals surface area contributed by atoms with Crippen LogP contribution in [0.3, 0.4) is 0 Å². The third-order valence-corrected chi connectivity index (χ3v) is 2.63. The summed E-state index contributed by atoms with van der Waals surface area (Å²) in [5.74, 6) is 6.15. The molecule has 0 saturated carbocycles. The van der Waals surface area contributed by atoms with Crippen LogP contribution in [-0.4, -0.2) is 17.4 Å². The van der Waals surface area contributed by atoms with Gasteiger partial charge >= 0.3 is 0 Å². The van der Waals surface area contributed by atoms with Crippen molar-refractivity contribution in [3.8, 4) is 0 Å². The SMILES string of the molecule is NNc1cc(C(=O)NCCc2ccco2)cc(Cl)n1. The predicted octanol–water partition coefficient (Wildman–Crippen LogP) is 1.59. The fraction of sp³-hybridized carbons (Fsp3) is 0.167. The number of nitrogen functional groups attached to an aromatic ring is 1. The number of hydrazine groups is 1. The Labute approximate surface area is 114 Å². The number of aromatic nitrogens is 1. The summed E-state index contributed by atoms with van der Waals surface area (Å²) in [6.07, 6.45) is 2.22. The quantitative estimate of drug-likeness (QED) is 0.439. The van der Waals surface area contributed by atoms with Gasteiger partial charge < -0.3 is 15.2 Å². The van der Waals surface area contributed by atoms with Gasteiger partial charge in [0.15, 0.2) is 0 Å². The summed E-state index contributed by atoms with van der Waals surface area (Å²) in [7, 11) is 0. The van der Waals surface area contributed by atoms with Crippen molar-refractivity contribution in [2.75, 3.05) is 12.0 Å². The summed E-state index contributed by atoms with van der Waals surface area (Å²) >= 11 is 5.79. The number of rotatable bonds is 5. The van der Waals surface area contributed by atoms with Crippen molar-refractivity contribution in [1.82, 2.24) is 10.3 Å². The molecule has 2 rings (SSSR count). The van der Waals surface area contributed by atoms with Crippen molar-refractivity contribution >= 4 is 23.3 Å². The van der Waals surface area contributed by atoms with E-state index in [2.05, 4.69) is 15.7 Å². The van der Waals surface area contributed by atoms with Crippen molar-refractivity contribution in [2.24, 2.45) is 5.84 Å². The second kappa shape index (κ2) is 6.21. The van der Waals surface area contributed by atoms with Gasteiger partial charge in [0, 0.05) is 18.5 Å². The molecule has 100 valence electrons. The number of pyridine rings is 1. The minimum Gasteiger partial charge on any atom is -0.469 e. The van der Waals surface area contributed by atoms with Crippen LogP contribution in [0.5, 0.6) is 0 Å². The fourth-order valence-corrected chi connectivity index (χ4v) is 1.77. The molecule has 0 aliphatic rings. The van der Waals surface area contributed by atoms with E-state index in [-0.39, 0.29) is 11.1 Å². The van der Waals surface area contributed by atoms with Gasteiger partial charge in [-0.05, 0) is 24.3 Å². The first-order valence-corrected chi connectivity index (χ1v) is 6.01. The first kappa shape index (κ1) is 13.4. The topological polar surface area (TPSA) is 93.2 Å². The molecule has 0 fully saturated rings. The largest absolute Gasteiger partial charge is 0.469 e. The van der Waals surface area contributed by atoms with Crippen molar-refractivity contribution in [3.05, 3.63) is 47.0 Å². The number of nitrogens with one attached hydrogen (secondary N) is 2. The summed E-state index contributed by atoms with van der Waals surface area (Å²) in [6, 6.07) is 6.66. The van der Waals surface area contributed by atoms with E-state index < -0.39 is 0 Å². The van der Waals surface area contributed by atoms with Gasteiger partial charge in [0.25, 0.3) is 5.91 Å². The molecule has 2 aromatic heterocycles. The van der Waals surface area contributed by atoms with E-state index >= 15 is 0 Å². The highest BCUT2D eigenvalue weighted by Crippen LogP contribution is 2.13. The number of nitrogens with zero attached hydrogens (tertiary/aromatic N) is 1. The molecule has 0 aromatic carbocycles. The molecule has 2 aromatic rings. The number of furan rings is 1. The highest BCUT2D eigenvalue weighted by Gasteiger charge is 2.08. The lowest BCUT2D eigenvalue weighted by molar-refractivity contribution is 0.0953. The average molecular weight is 281 g/mol. The predicted molar refractivity (Wildman–Crippen MR) is 71.8 cm³/mol. The van der Waals surface area contributed by atoms with E-state index in [1.54, 1.807) is 12.3 Å². The molecule has 1 amide bonds. The Morgan fingerprint density at radius 3 is 3.00 bits per heavy atom. The minimum absolute atomic E-state index is 0.201. The van der Waals surface area contributed by atoms with E-state index in [1.807, 2.05) is 6.07 Å². The number of anilines is 1. The fourth-order valence-electron chi connectivity index (χ4n) is 1.56. The molecule has 4 N–H and O–H groups in total. The van der Waals surface area contributed by atoms with Crippen LogP contribution in [0.2, 0.25) is 5.15 Å². The van der Waals surface area contributed by atoms with Crippen LogP contribution in [0.1, 0.15) is 16.1 Å². The summed E-state index contributed by atoms with van der Waals surface area (Å²) < 4.78 is 5.17. The van der Waals surface area contributed by atoms with E-state index in [4.69, 9.17) is 21.9 Å². The number of hydrogen-bond acceptors (Lipinski definition) is 5. The van der Waals surface area contributed by atoms with Crippen LogP contribution in [-0.2, 0) is 6.42 Å². The number of hydrogen-bond donors (Lipinski definition) is 3. The molecule has 7 heteroatoms. The number of nitrogens with two attached hydrogens (primary N) is 1. The Balaban J connectivity index is 1.94. The zero-order valence-electron chi connectivity index (χ0n) is 10.0. The molecule has 2 heterocycles. The number of amides is 1. The second-order valence-electron chi connectivity index (χ2n) is 3.79. The molecular weight excluding hydrogens is 268 g/mol. The Bertz CT molecular complexity index is 557. The molecule has 0 spiro atoms. The molecule has 19 heavy (non-hydrogen) atoms. The van der Waals surface area contributed by atoms with Crippen LogP contribution in [0.15, 0.2) is 34.9 Å². The first-order chi connectivity index (χ1) is 9.19. The molecule has 0 bridgehead atoms. The van der Waals surface area contributed by atoms with Crippen LogP contribution in [0, 0.1) is 0 Å². The van der Waals surface area contributed by atoms with E-state index in [0.29, 0.717) is 24.3 Å². The molecule has 0 radical (unpaired) electrons. The summed E-state index contributed by atoms with van der Waals surface area (Å²) in [5.41, 5.74) is 2.75. The maximum absolute atomic E-state index is 11.9. The van der Waals surface area contributed by atoms with Gasteiger partial charge in [-0.3, -0.25) is 4.79 Å². The third kappa shape index (κ3) is 3.70. The Hall–Kier alpha value is -2.05. The van der Waals surface area contributed by atoms with Gasteiger partial charge in [-0.1, -0.05) is 11.6 Å². The van der Waals surface area contributed by atoms with Crippen molar-refractivity contribution in [1.29, 1.82) is 0 Å². The number of carbonyl (C=O) groups excluding carboxylic acids is 1. The Morgan fingerprint density at radius 2 is 2.32 bits per heavy atom. The monoisotopic (exact) mass is 280 g/mol. The van der Waals surface area contributed by atoms with Crippen LogP contribution >= 0.6 is 11.6 Å². The van der Waals surface area contributed by atoms with Crippen LogP contribution in [0.4, 0.5) is 5.82 Å². The van der Waals surface area contributed by atoms with Crippen molar-refractivity contribution in [3.63, 3.8) is 0 Å². The van der Waals surface area contributed by atoms with Crippen molar-refractivity contribution in [2.45, 2.75) is 6.42 Å². The van der Waals surface area contributed by atoms with E-state index in [0.717, 1.165) is 5.76 Å². The van der Waals surface area contributed by atoms with E-state index in [9.17, 15) is 4.79 Å². The average Bonchev–Trinajstić information content (AvgIpc) is 2.91. The zero-order valence-corrected chi connectivity index (χ0v) is 10.8. The molecule has 0 unspecified atom stereocenters. The van der Waals surface area contributed by atoms with Crippen LogP contribution in [0.25, 0.3) is 0 Å². The van der Waals surface area contributed by atoms with E-state index in [1.165, 1.54) is 12.1 Å². The van der Waals surface area contributed by atoms with Crippen LogP contribution < -0.4 is 16.6 Å². The lowest BCUT2D eigenvalue weighted by atomic mass is 10.2. The Kier molecular flexibility index (Phi) is 4.38. The molecule has 0 atom stereocenters. The maximum atomic E-state index is 11.9. The maximum Gasteiger partial charge on any atom is 0.251 e. The summed E-state index contributed by atoms with van der Waals surface area (Å²) in [5, 5.41) is 2.96. The molecular formula is C12H13ClN4O2. The molecule has 0 saturated heterocycles. The molecule has 6 nitrogen and oxygen atoms in total. The lowest BCUT2D eigenvalue weighted by Crippen LogP contribution is -2.26. The normalized spacial score (nSPS) is 10.2. The standard InChI is InChI=1S/C12H13ClN4O2/c13-10-6-8(7-11(16-10)17-14)12(18)15-4-3-9-2-1-5-19-9/h1-2,5-7H,3-4,14H2,(H,15,18)(H,16,17). The highest BCUT2D eigenvalue weighted by molar-refractivity contribution is 6.29. The first-order valence-electron chi connectivity index (χ1n) is 5.64. The smallest absolute Gasteiger partial charge is 0.251 e. The van der Waals surface area contributed by atoms with Gasteiger partial charge in [0.05, 0.1) is 6.26 Å². The second-order valence-corrected chi connectivity index (χ2v) is 4.18.